The van der Waals surface area contributed by atoms with Crippen LogP contribution in [0.15, 0.2) is 114 Å². The number of ether oxygens (including phenoxy) is 2. The minimum Gasteiger partial charge on any atom is -0.458 e. The number of furan rings is 1. The van der Waals surface area contributed by atoms with Gasteiger partial charge in [-0.2, -0.15) is 0 Å². The third kappa shape index (κ3) is 3.44. The van der Waals surface area contributed by atoms with Crippen LogP contribution in [0.2, 0.25) is 0 Å². The van der Waals surface area contributed by atoms with Gasteiger partial charge in [-0.15, -0.1) is 0 Å². The molecule has 0 saturated heterocycles. The van der Waals surface area contributed by atoms with Crippen molar-refractivity contribution in [1.29, 1.82) is 0 Å². The van der Waals surface area contributed by atoms with Gasteiger partial charge in [0.15, 0.2) is 0 Å². The van der Waals surface area contributed by atoms with E-state index in [2.05, 4.69) is 130 Å². The molecule has 0 saturated carbocycles. The Balaban J connectivity index is 1.30. The van der Waals surface area contributed by atoms with Gasteiger partial charge in [0.1, 0.15) is 34.2 Å². The molecule has 0 fully saturated rings. The summed E-state index contributed by atoms with van der Waals surface area (Å²) in [5.41, 5.74) is 13.2. The SMILES string of the molecule is Cc1cccc2c1Oc1cc(-c3ccccc3-c3cccc4oc5c(C)cccc5c34)cc3c1B2c1cccc(C)c1O3. The van der Waals surface area contributed by atoms with Crippen LogP contribution in [0.4, 0.5) is 0 Å². The van der Waals surface area contributed by atoms with E-state index in [4.69, 9.17) is 13.9 Å². The topological polar surface area (TPSA) is 31.6 Å². The predicted octanol–water partition coefficient (Wildman–Crippen LogP) is 8.57. The van der Waals surface area contributed by atoms with E-state index in [1.807, 2.05) is 0 Å². The van der Waals surface area contributed by atoms with E-state index >= 15 is 0 Å². The van der Waals surface area contributed by atoms with Crippen LogP contribution in [0.1, 0.15) is 16.7 Å². The minimum absolute atomic E-state index is 0.0517. The number of benzene rings is 6. The molecule has 0 spiro atoms. The van der Waals surface area contributed by atoms with Crippen molar-refractivity contribution in [3.05, 3.63) is 126 Å². The summed E-state index contributed by atoms with van der Waals surface area (Å²) in [4.78, 5) is 0. The van der Waals surface area contributed by atoms with Crippen molar-refractivity contribution in [3.8, 4) is 45.3 Å². The fourth-order valence-electron chi connectivity index (χ4n) is 7.18. The van der Waals surface area contributed by atoms with Gasteiger partial charge in [-0.05, 0) is 88.8 Å². The Hall–Kier alpha value is -5.22. The Morgan fingerprint density at radius 1 is 0.535 bits per heavy atom. The first-order valence-corrected chi connectivity index (χ1v) is 14.8. The molecule has 4 heteroatoms. The Kier molecular flexibility index (Phi) is 5.04. The average molecular weight is 554 g/mol. The van der Waals surface area contributed by atoms with Gasteiger partial charge in [-0.3, -0.25) is 0 Å². The molecule has 3 heterocycles. The summed E-state index contributed by atoms with van der Waals surface area (Å²) in [5.74, 6) is 3.58. The maximum absolute atomic E-state index is 6.74. The third-order valence-corrected chi connectivity index (χ3v) is 9.17. The van der Waals surface area contributed by atoms with Gasteiger partial charge in [-0.1, -0.05) is 91.0 Å². The Morgan fingerprint density at radius 3 is 1.81 bits per heavy atom. The molecule has 43 heavy (non-hydrogen) atoms. The van der Waals surface area contributed by atoms with Crippen molar-refractivity contribution in [3.63, 3.8) is 0 Å². The van der Waals surface area contributed by atoms with E-state index in [9.17, 15) is 0 Å². The van der Waals surface area contributed by atoms with Gasteiger partial charge >= 0.3 is 0 Å². The van der Waals surface area contributed by atoms with Crippen LogP contribution in [0, 0.1) is 20.8 Å². The molecular formula is C39H27BO3. The van der Waals surface area contributed by atoms with Crippen molar-refractivity contribution < 1.29 is 13.9 Å². The first-order valence-electron chi connectivity index (χ1n) is 14.8. The molecule has 0 aliphatic carbocycles. The van der Waals surface area contributed by atoms with Gasteiger partial charge in [0.05, 0.1) is 0 Å². The van der Waals surface area contributed by atoms with Crippen LogP contribution in [0.3, 0.4) is 0 Å². The van der Waals surface area contributed by atoms with Crippen LogP contribution in [-0.4, -0.2) is 6.71 Å². The molecule has 3 nitrogen and oxygen atoms in total. The fourth-order valence-corrected chi connectivity index (χ4v) is 7.18. The highest BCUT2D eigenvalue weighted by Crippen LogP contribution is 2.44. The number of para-hydroxylation sites is 3. The maximum atomic E-state index is 6.74. The molecule has 1 aromatic heterocycles. The van der Waals surface area contributed by atoms with Crippen molar-refractivity contribution in [1.82, 2.24) is 0 Å². The average Bonchev–Trinajstić information content (AvgIpc) is 3.42. The largest absolute Gasteiger partial charge is 0.458 e. The summed E-state index contributed by atoms with van der Waals surface area (Å²) >= 11 is 0. The second kappa shape index (κ2) is 8.89. The van der Waals surface area contributed by atoms with Crippen molar-refractivity contribution >= 4 is 45.0 Å². The number of hydrogen-bond donors (Lipinski definition) is 0. The number of rotatable bonds is 2. The highest BCUT2D eigenvalue weighted by molar-refractivity contribution is 6.98. The normalized spacial score (nSPS) is 12.9. The Morgan fingerprint density at radius 2 is 1.12 bits per heavy atom. The molecular weight excluding hydrogens is 527 g/mol. The van der Waals surface area contributed by atoms with Crippen LogP contribution >= 0.6 is 0 Å². The second-order valence-electron chi connectivity index (χ2n) is 11.8. The van der Waals surface area contributed by atoms with Gasteiger partial charge in [0.25, 0.3) is 6.71 Å². The van der Waals surface area contributed by atoms with E-state index < -0.39 is 0 Å². The molecule has 2 aliphatic heterocycles. The zero-order valence-electron chi connectivity index (χ0n) is 24.2. The lowest BCUT2D eigenvalue weighted by Crippen LogP contribution is -2.57. The minimum atomic E-state index is 0.0517. The standard InChI is InChI=1S/C39H27BO3/c1-22-10-6-16-29-35-28(15-9-19-32(35)41-37(22)29)27-14-5-4-13-26(27)25-20-33-36-34(21-25)43-39-24(3)12-8-18-31(39)40(36)30-17-7-11-23(2)38(30)42-33/h4-21H,1-3H3. The summed E-state index contributed by atoms with van der Waals surface area (Å²) in [6, 6.07) is 38.6. The van der Waals surface area contributed by atoms with Gasteiger partial charge < -0.3 is 13.9 Å². The molecule has 0 radical (unpaired) electrons. The number of aryl methyl sites for hydroxylation is 3. The molecule has 9 rings (SSSR count). The maximum Gasteiger partial charge on any atom is 0.260 e. The lowest BCUT2D eigenvalue weighted by Gasteiger charge is -2.34. The van der Waals surface area contributed by atoms with Gasteiger partial charge in [-0.25, -0.2) is 0 Å². The summed E-state index contributed by atoms with van der Waals surface area (Å²) in [6.45, 7) is 6.40. The van der Waals surface area contributed by atoms with Crippen molar-refractivity contribution in [2.45, 2.75) is 20.8 Å². The lowest BCUT2D eigenvalue weighted by atomic mass is 9.34. The van der Waals surface area contributed by atoms with E-state index in [0.717, 1.165) is 89.3 Å². The highest BCUT2D eigenvalue weighted by atomic mass is 16.5. The number of fused-ring (bicyclic) bond motifs is 7. The van der Waals surface area contributed by atoms with E-state index in [0.29, 0.717) is 0 Å². The lowest BCUT2D eigenvalue weighted by molar-refractivity contribution is 0.461. The molecule has 7 aromatic rings. The molecule has 204 valence electrons. The molecule has 0 atom stereocenters. The predicted molar refractivity (Wildman–Crippen MR) is 176 cm³/mol. The molecule has 0 bridgehead atoms. The highest BCUT2D eigenvalue weighted by Gasteiger charge is 2.41. The Labute approximate surface area is 250 Å². The van der Waals surface area contributed by atoms with Gasteiger partial charge in [0.2, 0.25) is 0 Å². The molecule has 6 aromatic carbocycles. The summed E-state index contributed by atoms with van der Waals surface area (Å²) < 4.78 is 19.9. The quantitative estimate of drug-likeness (QED) is 0.201. The summed E-state index contributed by atoms with van der Waals surface area (Å²) in [7, 11) is 0. The zero-order valence-corrected chi connectivity index (χ0v) is 24.2. The van der Waals surface area contributed by atoms with Gasteiger partial charge in [0, 0.05) is 16.2 Å². The first-order chi connectivity index (χ1) is 21.1. The first kappa shape index (κ1) is 24.4. The van der Waals surface area contributed by atoms with Crippen molar-refractivity contribution in [2.24, 2.45) is 0 Å². The van der Waals surface area contributed by atoms with Crippen molar-refractivity contribution in [2.75, 3.05) is 0 Å². The fraction of sp³-hybridized carbons (Fsp3) is 0.0769. The molecule has 2 aliphatic rings. The zero-order chi connectivity index (χ0) is 28.8. The molecule has 0 N–H and O–H groups in total. The second-order valence-corrected chi connectivity index (χ2v) is 11.8. The smallest absolute Gasteiger partial charge is 0.260 e. The van der Waals surface area contributed by atoms with Crippen LogP contribution in [0.25, 0.3) is 44.2 Å². The Bertz CT molecular complexity index is 2220. The van der Waals surface area contributed by atoms with E-state index in [1.54, 1.807) is 0 Å². The molecule has 0 unspecified atom stereocenters. The monoisotopic (exact) mass is 554 g/mol. The van der Waals surface area contributed by atoms with E-state index in [1.165, 1.54) is 10.9 Å². The third-order valence-electron chi connectivity index (χ3n) is 9.17. The van der Waals surface area contributed by atoms with Crippen LogP contribution in [0.5, 0.6) is 23.0 Å². The number of hydrogen-bond acceptors (Lipinski definition) is 3. The summed E-state index contributed by atoms with van der Waals surface area (Å²) in [6.07, 6.45) is 0. The van der Waals surface area contributed by atoms with Crippen LogP contribution < -0.4 is 25.9 Å². The van der Waals surface area contributed by atoms with E-state index in [-0.39, 0.29) is 6.71 Å². The molecule has 0 amide bonds. The van der Waals surface area contributed by atoms with Crippen LogP contribution in [-0.2, 0) is 0 Å². The summed E-state index contributed by atoms with van der Waals surface area (Å²) in [5, 5.41) is 2.27.